The molecule has 0 unspecified atom stereocenters. The van der Waals surface area contributed by atoms with Gasteiger partial charge in [-0.25, -0.2) is 0 Å². The number of hydrogen-bond acceptors (Lipinski definition) is 3. The minimum absolute atomic E-state index is 0.273. The van der Waals surface area contributed by atoms with E-state index in [2.05, 4.69) is 5.32 Å². The van der Waals surface area contributed by atoms with E-state index in [4.69, 9.17) is 9.15 Å². The number of nitrogens with one attached hydrogen (secondary N) is 1. The summed E-state index contributed by atoms with van der Waals surface area (Å²) < 4.78 is 10.3. The SMILES string of the molecule is COc1cc(C)c(C)cc1NC(=O)c1ccco1. The molecule has 4 heteroatoms. The molecule has 1 N–H and O–H groups in total. The van der Waals surface area contributed by atoms with Gasteiger partial charge in [-0.2, -0.15) is 0 Å². The summed E-state index contributed by atoms with van der Waals surface area (Å²) in [5.41, 5.74) is 2.84. The molecule has 0 saturated carbocycles. The van der Waals surface area contributed by atoms with Crippen molar-refractivity contribution in [2.45, 2.75) is 13.8 Å². The van der Waals surface area contributed by atoms with Crippen molar-refractivity contribution in [2.24, 2.45) is 0 Å². The molecule has 1 amide bonds. The van der Waals surface area contributed by atoms with E-state index in [1.807, 2.05) is 26.0 Å². The minimum atomic E-state index is -0.290. The van der Waals surface area contributed by atoms with Crippen LogP contribution in [0.5, 0.6) is 5.75 Å². The Balaban J connectivity index is 2.28. The Bertz CT molecular complexity index is 559. The van der Waals surface area contributed by atoms with E-state index in [0.29, 0.717) is 11.4 Å². The molecule has 18 heavy (non-hydrogen) atoms. The van der Waals surface area contributed by atoms with Gasteiger partial charge in [0.1, 0.15) is 5.75 Å². The maximum Gasteiger partial charge on any atom is 0.291 e. The number of rotatable bonds is 3. The second kappa shape index (κ2) is 4.96. The van der Waals surface area contributed by atoms with E-state index in [0.717, 1.165) is 11.1 Å². The summed E-state index contributed by atoms with van der Waals surface area (Å²) in [6.07, 6.45) is 1.46. The van der Waals surface area contributed by atoms with Crippen LogP contribution < -0.4 is 10.1 Å². The molecule has 0 aliphatic carbocycles. The van der Waals surface area contributed by atoms with Crippen molar-refractivity contribution in [1.29, 1.82) is 0 Å². The third-order valence-corrected chi connectivity index (χ3v) is 2.81. The number of ether oxygens (including phenoxy) is 1. The van der Waals surface area contributed by atoms with Crippen LogP contribution >= 0.6 is 0 Å². The van der Waals surface area contributed by atoms with Crippen molar-refractivity contribution >= 4 is 11.6 Å². The average Bonchev–Trinajstić information content (AvgIpc) is 2.87. The summed E-state index contributed by atoms with van der Waals surface area (Å²) >= 11 is 0. The number of furan rings is 1. The molecule has 2 aromatic rings. The zero-order valence-electron chi connectivity index (χ0n) is 10.6. The highest BCUT2D eigenvalue weighted by atomic mass is 16.5. The third-order valence-electron chi connectivity index (χ3n) is 2.81. The summed E-state index contributed by atoms with van der Waals surface area (Å²) in [6, 6.07) is 7.07. The highest BCUT2D eigenvalue weighted by Crippen LogP contribution is 2.28. The summed E-state index contributed by atoms with van der Waals surface area (Å²) in [6.45, 7) is 3.98. The summed E-state index contributed by atoms with van der Waals surface area (Å²) in [7, 11) is 1.58. The number of carbonyl (C=O) groups is 1. The normalized spacial score (nSPS) is 10.2. The van der Waals surface area contributed by atoms with Crippen LogP contribution in [0, 0.1) is 13.8 Å². The molecule has 0 atom stereocenters. The zero-order valence-corrected chi connectivity index (χ0v) is 10.6. The van der Waals surface area contributed by atoms with Gasteiger partial charge in [-0.15, -0.1) is 0 Å². The molecule has 1 aromatic carbocycles. The lowest BCUT2D eigenvalue weighted by molar-refractivity contribution is 0.0996. The van der Waals surface area contributed by atoms with E-state index in [1.165, 1.54) is 6.26 Å². The number of aryl methyl sites for hydroxylation is 2. The molecular weight excluding hydrogens is 230 g/mol. The van der Waals surface area contributed by atoms with Gasteiger partial charge in [0.25, 0.3) is 5.91 Å². The molecule has 4 nitrogen and oxygen atoms in total. The molecule has 0 aliphatic rings. The van der Waals surface area contributed by atoms with Gasteiger partial charge >= 0.3 is 0 Å². The smallest absolute Gasteiger partial charge is 0.291 e. The van der Waals surface area contributed by atoms with Gasteiger partial charge < -0.3 is 14.5 Å². The fourth-order valence-electron chi connectivity index (χ4n) is 1.65. The fourth-order valence-corrected chi connectivity index (χ4v) is 1.65. The molecule has 1 heterocycles. The summed E-state index contributed by atoms with van der Waals surface area (Å²) in [5.74, 6) is 0.620. The number of carbonyl (C=O) groups excluding carboxylic acids is 1. The largest absolute Gasteiger partial charge is 0.495 e. The molecule has 0 aliphatic heterocycles. The van der Waals surface area contributed by atoms with Crippen LogP contribution in [0.3, 0.4) is 0 Å². The number of hydrogen-bond donors (Lipinski definition) is 1. The first-order valence-electron chi connectivity index (χ1n) is 5.62. The maximum atomic E-state index is 11.9. The molecule has 0 bridgehead atoms. The van der Waals surface area contributed by atoms with Gasteiger partial charge in [0.2, 0.25) is 0 Å². The summed E-state index contributed by atoms with van der Waals surface area (Å²) in [5, 5.41) is 2.77. The predicted molar refractivity (Wildman–Crippen MR) is 69.1 cm³/mol. The van der Waals surface area contributed by atoms with Crippen LogP contribution in [-0.4, -0.2) is 13.0 Å². The van der Waals surface area contributed by atoms with Crippen molar-refractivity contribution in [1.82, 2.24) is 0 Å². The van der Waals surface area contributed by atoms with Crippen LogP contribution in [0.1, 0.15) is 21.7 Å². The molecular formula is C14H15NO3. The second-order valence-corrected chi connectivity index (χ2v) is 4.07. The second-order valence-electron chi connectivity index (χ2n) is 4.07. The van der Waals surface area contributed by atoms with E-state index >= 15 is 0 Å². The van der Waals surface area contributed by atoms with Gasteiger partial charge in [0.05, 0.1) is 19.1 Å². The van der Waals surface area contributed by atoms with Crippen molar-refractivity contribution in [3.63, 3.8) is 0 Å². The fraction of sp³-hybridized carbons (Fsp3) is 0.214. The van der Waals surface area contributed by atoms with Gasteiger partial charge in [0, 0.05) is 0 Å². The van der Waals surface area contributed by atoms with Crippen LogP contribution in [0.25, 0.3) is 0 Å². The Labute approximate surface area is 106 Å². The van der Waals surface area contributed by atoms with Crippen LogP contribution in [0.15, 0.2) is 34.9 Å². The first-order chi connectivity index (χ1) is 8.61. The Morgan fingerprint density at radius 2 is 2.00 bits per heavy atom. The van der Waals surface area contributed by atoms with Gasteiger partial charge in [0.15, 0.2) is 5.76 Å². The first kappa shape index (κ1) is 12.2. The Morgan fingerprint density at radius 1 is 1.28 bits per heavy atom. The van der Waals surface area contributed by atoms with Crippen molar-refractivity contribution < 1.29 is 13.9 Å². The quantitative estimate of drug-likeness (QED) is 0.903. The summed E-state index contributed by atoms with van der Waals surface area (Å²) in [4.78, 5) is 11.9. The van der Waals surface area contributed by atoms with E-state index in [9.17, 15) is 4.79 Å². The number of amides is 1. The van der Waals surface area contributed by atoms with Gasteiger partial charge in [-0.05, 0) is 49.2 Å². The molecule has 2 rings (SSSR count). The first-order valence-corrected chi connectivity index (χ1v) is 5.62. The number of anilines is 1. The average molecular weight is 245 g/mol. The van der Waals surface area contributed by atoms with Gasteiger partial charge in [-0.3, -0.25) is 4.79 Å². The molecule has 0 spiro atoms. The van der Waals surface area contributed by atoms with Crippen LogP contribution in [0.4, 0.5) is 5.69 Å². The Hall–Kier alpha value is -2.23. The topological polar surface area (TPSA) is 51.5 Å². The van der Waals surface area contributed by atoms with Crippen molar-refractivity contribution in [2.75, 3.05) is 12.4 Å². The predicted octanol–water partition coefficient (Wildman–Crippen LogP) is 3.16. The molecule has 0 radical (unpaired) electrons. The molecule has 0 saturated heterocycles. The molecule has 94 valence electrons. The highest BCUT2D eigenvalue weighted by molar-refractivity contribution is 6.03. The lowest BCUT2D eigenvalue weighted by atomic mass is 10.1. The lowest BCUT2D eigenvalue weighted by Crippen LogP contribution is -2.12. The van der Waals surface area contributed by atoms with Crippen molar-refractivity contribution in [3.8, 4) is 5.75 Å². The monoisotopic (exact) mass is 245 g/mol. The number of benzene rings is 1. The van der Waals surface area contributed by atoms with Gasteiger partial charge in [-0.1, -0.05) is 0 Å². The highest BCUT2D eigenvalue weighted by Gasteiger charge is 2.12. The Morgan fingerprint density at radius 3 is 2.61 bits per heavy atom. The van der Waals surface area contributed by atoms with Crippen molar-refractivity contribution in [3.05, 3.63) is 47.4 Å². The van der Waals surface area contributed by atoms with Crippen LogP contribution in [-0.2, 0) is 0 Å². The third kappa shape index (κ3) is 2.37. The standard InChI is InChI=1S/C14H15NO3/c1-9-7-11(13(17-3)8-10(9)2)15-14(16)12-5-4-6-18-12/h4-8H,1-3H3,(H,15,16). The zero-order chi connectivity index (χ0) is 13.1. The number of methoxy groups -OCH3 is 1. The molecule has 0 fully saturated rings. The lowest BCUT2D eigenvalue weighted by Gasteiger charge is -2.12. The van der Waals surface area contributed by atoms with E-state index in [-0.39, 0.29) is 11.7 Å². The van der Waals surface area contributed by atoms with E-state index in [1.54, 1.807) is 19.2 Å². The van der Waals surface area contributed by atoms with E-state index < -0.39 is 0 Å². The maximum absolute atomic E-state index is 11.9. The Kier molecular flexibility index (Phi) is 3.37. The molecule has 1 aromatic heterocycles. The van der Waals surface area contributed by atoms with Crippen LogP contribution in [0.2, 0.25) is 0 Å². The minimum Gasteiger partial charge on any atom is -0.495 e.